The van der Waals surface area contributed by atoms with Gasteiger partial charge in [-0.25, -0.2) is 13.9 Å². The van der Waals surface area contributed by atoms with Gasteiger partial charge in [0, 0.05) is 25.2 Å². The molecule has 0 bridgehead atoms. The molecule has 1 amide bonds. The van der Waals surface area contributed by atoms with Gasteiger partial charge in [0.1, 0.15) is 17.2 Å². The normalized spacial score (nSPS) is 12.5. The van der Waals surface area contributed by atoms with Crippen LogP contribution in [0.4, 0.5) is 4.39 Å². The van der Waals surface area contributed by atoms with Crippen LogP contribution < -0.4 is 5.73 Å². The van der Waals surface area contributed by atoms with Crippen LogP contribution in [0.15, 0.2) is 36.5 Å². The van der Waals surface area contributed by atoms with E-state index in [1.165, 1.54) is 30.0 Å². The zero-order valence-electron chi connectivity index (χ0n) is 12.8. The molecule has 0 aliphatic heterocycles. The van der Waals surface area contributed by atoms with E-state index in [1.54, 1.807) is 18.2 Å². The number of primary amides is 1. The van der Waals surface area contributed by atoms with Crippen LogP contribution in [0.5, 0.6) is 0 Å². The standard InChI is InChI=1S/C16H15FN4O3/c1-24-16(23)14-11(8-9-3-2-4-10(17)7-9)13(15(18)22)20-12-5-6-19-21(12)14/h2-7,16,23H,8H2,1H3,(H2,18,22). The van der Waals surface area contributed by atoms with Gasteiger partial charge in [0.15, 0.2) is 11.9 Å². The first kappa shape index (κ1) is 16.0. The Morgan fingerprint density at radius 1 is 1.46 bits per heavy atom. The van der Waals surface area contributed by atoms with Crippen molar-refractivity contribution in [2.45, 2.75) is 12.7 Å². The number of ether oxygens (including phenoxy) is 1. The van der Waals surface area contributed by atoms with Crippen molar-refractivity contribution in [3.63, 3.8) is 0 Å². The molecule has 0 aliphatic rings. The van der Waals surface area contributed by atoms with Crippen molar-refractivity contribution in [1.82, 2.24) is 14.6 Å². The molecule has 7 nitrogen and oxygen atoms in total. The Morgan fingerprint density at radius 3 is 2.92 bits per heavy atom. The second-order valence-electron chi connectivity index (χ2n) is 5.18. The molecular weight excluding hydrogens is 315 g/mol. The summed E-state index contributed by atoms with van der Waals surface area (Å²) in [6.45, 7) is 0. The quantitative estimate of drug-likeness (QED) is 0.684. The van der Waals surface area contributed by atoms with E-state index >= 15 is 0 Å². The minimum Gasteiger partial charge on any atom is -0.364 e. The van der Waals surface area contributed by atoms with Crippen LogP contribution in [0.2, 0.25) is 0 Å². The van der Waals surface area contributed by atoms with Crippen LogP contribution in [-0.2, 0) is 11.2 Å². The van der Waals surface area contributed by atoms with Crippen LogP contribution in [0.3, 0.4) is 0 Å². The third-order valence-electron chi connectivity index (χ3n) is 3.63. The lowest BCUT2D eigenvalue weighted by Gasteiger charge is -2.18. The number of aromatic nitrogens is 3. The Morgan fingerprint density at radius 2 is 2.25 bits per heavy atom. The first-order valence-corrected chi connectivity index (χ1v) is 7.13. The molecule has 0 saturated carbocycles. The number of aliphatic hydroxyl groups excluding tert-OH is 1. The number of rotatable bonds is 5. The smallest absolute Gasteiger partial charge is 0.267 e. The number of methoxy groups -OCH3 is 1. The summed E-state index contributed by atoms with van der Waals surface area (Å²) in [4.78, 5) is 16.0. The van der Waals surface area contributed by atoms with Crippen molar-refractivity contribution in [1.29, 1.82) is 0 Å². The Hall–Kier alpha value is -2.84. The molecule has 3 N–H and O–H groups in total. The van der Waals surface area contributed by atoms with E-state index in [-0.39, 0.29) is 17.8 Å². The minimum absolute atomic E-state index is 0.0154. The van der Waals surface area contributed by atoms with Crippen molar-refractivity contribution >= 4 is 11.6 Å². The number of nitrogens with two attached hydrogens (primary N) is 1. The molecule has 3 rings (SSSR count). The number of hydrogen-bond donors (Lipinski definition) is 2. The Kier molecular flexibility index (Phi) is 4.24. The highest BCUT2D eigenvalue weighted by Crippen LogP contribution is 2.25. The fourth-order valence-electron chi connectivity index (χ4n) is 2.59. The van der Waals surface area contributed by atoms with Crippen LogP contribution in [0, 0.1) is 5.82 Å². The predicted molar refractivity (Wildman–Crippen MR) is 82.7 cm³/mol. The van der Waals surface area contributed by atoms with Crippen LogP contribution in [0.1, 0.15) is 33.6 Å². The molecule has 0 saturated heterocycles. The van der Waals surface area contributed by atoms with Gasteiger partial charge in [-0.3, -0.25) is 4.79 Å². The zero-order valence-corrected chi connectivity index (χ0v) is 12.8. The highest BCUT2D eigenvalue weighted by Gasteiger charge is 2.24. The number of carbonyl (C=O) groups excluding carboxylic acids is 1. The number of nitrogens with zero attached hydrogens (tertiary/aromatic N) is 3. The van der Waals surface area contributed by atoms with Crippen molar-refractivity contribution in [2.24, 2.45) is 5.73 Å². The van der Waals surface area contributed by atoms with Crippen LogP contribution in [-0.4, -0.2) is 32.7 Å². The monoisotopic (exact) mass is 330 g/mol. The maximum atomic E-state index is 13.5. The maximum Gasteiger partial charge on any atom is 0.267 e. The number of fused-ring (bicyclic) bond motifs is 1. The maximum absolute atomic E-state index is 13.5. The molecular formula is C16H15FN4O3. The van der Waals surface area contributed by atoms with E-state index in [9.17, 15) is 14.3 Å². The van der Waals surface area contributed by atoms with Crippen LogP contribution in [0.25, 0.3) is 5.65 Å². The number of aliphatic hydroxyl groups is 1. The minimum atomic E-state index is -1.35. The van der Waals surface area contributed by atoms with E-state index < -0.39 is 18.0 Å². The van der Waals surface area contributed by atoms with E-state index in [4.69, 9.17) is 10.5 Å². The summed E-state index contributed by atoms with van der Waals surface area (Å²) in [5.41, 5.74) is 6.92. The number of carbonyl (C=O) groups is 1. The second-order valence-corrected chi connectivity index (χ2v) is 5.18. The van der Waals surface area contributed by atoms with Gasteiger partial charge in [0.05, 0.1) is 6.20 Å². The average molecular weight is 330 g/mol. The fraction of sp³-hybridized carbons (Fsp3) is 0.188. The number of benzene rings is 1. The van der Waals surface area contributed by atoms with Crippen molar-refractivity contribution in [2.75, 3.05) is 7.11 Å². The molecule has 3 aromatic rings. The summed E-state index contributed by atoms with van der Waals surface area (Å²) in [7, 11) is 1.32. The summed E-state index contributed by atoms with van der Waals surface area (Å²) in [6, 6.07) is 7.48. The summed E-state index contributed by atoms with van der Waals surface area (Å²) in [5.74, 6) is -1.16. The van der Waals surface area contributed by atoms with Crippen LogP contribution >= 0.6 is 0 Å². The van der Waals surface area contributed by atoms with Crippen molar-refractivity contribution < 1.29 is 19.0 Å². The zero-order chi connectivity index (χ0) is 17.3. The molecule has 1 atom stereocenters. The number of halogens is 1. The molecule has 124 valence electrons. The molecule has 2 aromatic heterocycles. The number of amides is 1. The van der Waals surface area contributed by atoms with E-state index in [1.807, 2.05) is 0 Å². The summed E-state index contributed by atoms with van der Waals surface area (Å²) < 4.78 is 19.8. The average Bonchev–Trinajstić information content (AvgIpc) is 3.01. The molecule has 24 heavy (non-hydrogen) atoms. The molecule has 1 unspecified atom stereocenters. The molecule has 8 heteroatoms. The molecule has 1 aromatic carbocycles. The summed E-state index contributed by atoms with van der Waals surface area (Å²) >= 11 is 0. The van der Waals surface area contributed by atoms with Gasteiger partial charge in [-0.05, 0) is 17.7 Å². The second kappa shape index (κ2) is 6.34. The molecule has 0 radical (unpaired) electrons. The van der Waals surface area contributed by atoms with Gasteiger partial charge >= 0.3 is 0 Å². The molecule has 0 aliphatic carbocycles. The van der Waals surface area contributed by atoms with Gasteiger partial charge < -0.3 is 15.6 Å². The molecule has 0 spiro atoms. The predicted octanol–water partition coefficient (Wildman–Crippen LogP) is 1.20. The van der Waals surface area contributed by atoms with Gasteiger partial charge in [-0.2, -0.15) is 5.10 Å². The largest absolute Gasteiger partial charge is 0.364 e. The first-order valence-electron chi connectivity index (χ1n) is 7.13. The molecule has 0 fully saturated rings. The van der Waals surface area contributed by atoms with Gasteiger partial charge in [-0.1, -0.05) is 12.1 Å². The highest BCUT2D eigenvalue weighted by molar-refractivity contribution is 5.93. The van der Waals surface area contributed by atoms with Crippen molar-refractivity contribution in [3.05, 3.63) is 64.9 Å². The first-order chi connectivity index (χ1) is 11.5. The topological polar surface area (TPSA) is 103 Å². The van der Waals surface area contributed by atoms with E-state index in [2.05, 4.69) is 10.1 Å². The van der Waals surface area contributed by atoms with Crippen molar-refractivity contribution in [3.8, 4) is 0 Å². The van der Waals surface area contributed by atoms with E-state index in [0.717, 1.165) is 0 Å². The highest BCUT2D eigenvalue weighted by atomic mass is 19.1. The number of hydrogen-bond acceptors (Lipinski definition) is 5. The lowest BCUT2D eigenvalue weighted by atomic mass is 10.0. The van der Waals surface area contributed by atoms with Gasteiger partial charge in [0.2, 0.25) is 0 Å². The SMILES string of the molecule is COC(O)c1c(Cc2cccc(F)c2)c(C(N)=O)nc2ccnn12. The Balaban J connectivity index is 2.25. The summed E-state index contributed by atoms with van der Waals surface area (Å²) in [5, 5.41) is 14.3. The third kappa shape index (κ3) is 2.84. The lowest BCUT2D eigenvalue weighted by molar-refractivity contribution is -0.0817. The van der Waals surface area contributed by atoms with Gasteiger partial charge in [-0.15, -0.1) is 0 Å². The van der Waals surface area contributed by atoms with E-state index in [0.29, 0.717) is 16.8 Å². The fourth-order valence-corrected chi connectivity index (χ4v) is 2.59. The molecule has 2 heterocycles. The lowest BCUT2D eigenvalue weighted by Crippen LogP contribution is -2.22. The van der Waals surface area contributed by atoms with Gasteiger partial charge in [0.25, 0.3) is 5.91 Å². The Bertz CT molecular complexity index is 909. The summed E-state index contributed by atoms with van der Waals surface area (Å²) in [6.07, 6.45) is 0.261. The third-order valence-corrected chi connectivity index (χ3v) is 3.63. The Labute approximate surface area is 136 Å².